The topological polar surface area (TPSA) is 46.6 Å². The van der Waals surface area contributed by atoms with Crippen molar-refractivity contribution in [1.82, 2.24) is 4.90 Å². The van der Waals surface area contributed by atoms with E-state index >= 15 is 0 Å². The first-order valence-electron chi connectivity index (χ1n) is 10.7. The van der Waals surface area contributed by atoms with Crippen molar-refractivity contribution in [3.8, 4) is 5.75 Å². The highest BCUT2D eigenvalue weighted by Gasteiger charge is 2.77. The molecule has 4 nitrogen and oxygen atoms in total. The van der Waals surface area contributed by atoms with Crippen LogP contribution in [0, 0.1) is 11.8 Å². The molecule has 0 radical (unpaired) electrons. The predicted octanol–water partition coefficient (Wildman–Crippen LogP) is 4.63. The number of nitrogens with zero attached hydrogens (tertiary/aromatic N) is 1. The molecule has 3 aliphatic carbocycles. The van der Waals surface area contributed by atoms with Gasteiger partial charge in [-0.25, -0.2) is 0 Å². The van der Waals surface area contributed by atoms with E-state index in [1.54, 1.807) is 6.08 Å². The second-order valence-corrected chi connectivity index (χ2v) is 9.44. The van der Waals surface area contributed by atoms with E-state index in [4.69, 9.17) is 16.3 Å². The standard InChI is InChI=1S/C26H22ClNO3/c1-2-11-25-24(30)17-12-18(15-28(25)14-16-7-9-19(27)10-8-16)26(25)21(13-17)23(29)20-5-3-4-6-22(20)31-26/h2-10,13,17-18H,1,11-12,14-15H2. The first kappa shape index (κ1) is 19.0. The Balaban J connectivity index is 1.54. The fourth-order valence-electron chi connectivity index (χ4n) is 6.46. The summed E-state index contributed by atoms with van der Waals surface area (Å²) in [7, 11) is 0. The Morgan fingerprint density at radius 3 is 2.71 bits per heavy atom. The largest absolute Gasteiger partial charge is 0.479 e. The van der Waals surface area contributed by atoms with Crippen molar-refractivity contribution in [2.45, 2.75) is 30.5 Å². The minimum Gasteiger partial charge on any atom is -0.479 e. The van der Waals surface area contributed by atoms with Crippen LogP contribution in [0.4, 0.5) is 0 Å². The van der Waals surface area contributed by atoms with Gasteiger partial charge in [-0.05, 0) is 42.7 Å². The number of hydrogen-bond donors (Lipinski definition) is 0. The van der Waals surface area contributed by atoms with Gasteiger partial charge < -0.3 is 4.74 Å². The Bertz CT molecular complexity index is 1170. The van der Waals surface area contributed by atoms with Gasteiger partial charge in [0.15, 0.2) is 17.2 Å². The zero-order valence-corrected chi connectivity index (χ0v) is 17.8. The van der Waals surface area contributed by atoms with Crippen molar-refractivity contribution in [2.75, 3.05) is 6.54 Å². The molecular weight excluding hydrogens is 410 g/mol. The van der Waals surface area contributed by atoms with Crippen molar-refractivity contribution in [3.63, 3.8) is 0 Å². The van der Waals surface area contributed by atoms with Crippen molar-refractivity contribution in [1.29, 1.82) is 0 Å². The summed E-state index contributed by atoms with van der Waals surface area (Å²) < 4.78 is 6.76. The number of para-hydroxylation sites is 1. The molecule has 4 unspecified atom stereocenters. The van der Waals surface area contributed by atoms with E-state index in [0.29, 0.717) is 47.8 Å². The number of Topliss-reactive ketones (excluding diaryl/α,β-unsaturated/α-hetero) is 2. The molecule has 156 valence electrons. The molecule has 2 heterocycles. The number of fused-ring (bicyclic) bond motifs is 1. The Morgan fingerprint density at radius 2 is 1.94 bits per heavy atom. The summed E-state index contributed by atoms with van der Waals surface area (Å²) >= 11 is 6.08. The summed E-state index contributed by atoms with van der Waals surface area (Å²) in [5, 5.41) is 0.682. The molecule has 7 rings (SSSR count). The number of carbonyl (C=O) groups excluding carboxylic acids is 2. The van der Waals surface area contributed by atoms with Gasteiger partial charge >= 0.3 is 0 Å². The molecule has 5 aliphatic rings. The SMILES string of the molecule is C=CCC12C(=O)C3C=C4C(=O)c5ccccc5OC41C(C3)CN2Cc1ccc(Cl)cc1. The fourth-order valence-corrected chi connectivity index (χ4v) is 6.59. The minimum absolute atomic E-state index is 0.00849. The molecular formula is C26H22ClNO3. The maximum atomic E-state index is 13.9. The number of carbonyl (C=O) groups is 2. The van der Waals surface area contributed by atoms with E-state index in [1.807, 2.05) is 54.6 Å². The van der Waals surface area contributed by atoms with Crippen LogP contribution in [0.1, 0.15) is 28.8 Å². The lowest BCUT2D eigenvalue weighted by atomic mass is 9.52. The van der Waals surface area contributed by atoms with Gasteiger partial charge in [-0.3, -0.25) is 14.5 Å². The Hall–Kier alpha value is -2.69. The third-order valence-corrected chi connectivity index (χ3v) is 7.85. The quantitative estimate of drug-likeness (QED) is 0.662. The average molecular weight is 432 g/mol. The molecule has 2 fully saturated rings. The van der Waals surface area contributed by atoms with Gasteiger partial charge in [0.05, 0.1) is 5.56 Å². The number of halogens is 1. The summed E-state index contributed by atoms with van der Waals surface area (Å²) in [6.45, 7) is 5.27. The molecule has 5 heteroatoms. The van der Waals surface area contributed by atoms with Crippen LogP contribution < -0.4 is 4.74 Å². The number of hydrogen-bond acceptors (Lipinski definition) is 4. The Morgan fingerprint density at radius 1 is 1.16 bits per heavy atom. The van der Waals surface area contributed by atoms with Crippen LogP contribution in [0.25, 0.3) is 0 Å². The van der Waals surface area contributed by atoms with E-state index in [-0.39, 0.29) is 23.4 Å². The molecule has 0 N–H and O–H groups in total. The molecule has 0 aromatic heterocycles. The van der Waals surface area contributed by atoms with Crippen LogP contribution in [0.5, 0.6) is 5.75 Å². The van der Waals surface area contributed by atoms with Gasteiger partial charge in [0.2, 0.25) is 0 Å². The van der Waals surface area contributed by atoms with E-state index in [0.717, 1.165) is 5.56 Å². The molecule has 31 heavy (non-hydrogen) atoms. The van der Waals surface area contributed by atoms with Crippen LogP contribution >= 0.6 is 11.6 Å². The molecule has 2 aliphatic heterocycles. The lowest BCUT2D eigenvalue weighted by Gasteiger charge is -2.58. The lowest BCUT2D eigenvalue weighted by Crippen LogP contribution is -2.74. The second kappa shape index (κ2) is 6.41. The van der Waals surface area contributed by atoms with Crippen molar-refractivity contribution >= 4 is 23.2 Å². The zero-order chi connectivity index (χ0) is 21.4. The number of likely N-dealkylation sites (tertiary alicyclic amines) is 1. The van der Waals surface area contributed by atoms with Crippen LogP contribution in [0.15, 0.2) is 72.8 Å². The summed E-state index contributed by atoms with van der Waals surface area (Å²) in [6.07, 6.45) is 4.85. The molecule has 2 aromatic carbocycles. The van der Waals surface area contributed by atoms with Crippen LogP contribution in [-0.4, -0.2) is 34.2 Å². The normalized spacial score (nSPS) is 32.9. The predicted molar refractivity (Wildman–Crippen MR) is 118 cm³/mol. The minimum atomic E-state index is -0.967. The van der Waals surface area contributed by atoms with Crippen LogP contribution in [0.3, 0.4) is 0 Å². The van der Waals surface area contributed by atoms with Gasteiger partial charge in [-0.2, -0.15) is 0 Å². The molecule has 0 amide bonds. The number of ether oxygens (including phenoxy) is 1. The first-order valence-corrected chi connectivity index (χ1v) is 11.1. The third-order valence-electron chi connectivity index (χ3n) is 7.59. The average Bonchev–Trinajstić information content (AvgIpc) is 2.97. The van der Waals surface area contributed by atoms with Crippen LogP contribution in [-0.2, 0) is 11.3 Å². The summed E-state index contributed by atoms with van der Waals surface area (Å²) in [4.78, 5) is 29.8. The smallest absolute Gasteiger partial charge is 0.196 e. The Kier molecular flexibility index (Phi) is 3.93. The lowest BCUT2D eigenvalue weighted by molar-refractivity contribution is -0.151. The van der Waals surface area contributed by atoms with Crippen molar-refractivity contribution < 1.29 is 14.3 Å². The Labute approximate surface area is 186 Å². The van der Waals surface area contributed by atoms with Gasteiger partial charge in [-0.1, -0.05) is 48.0 Å². The molecule has 1 saturated carbocycles. The first-order chi connectivity index (χ1) is 15.0. The zero-order valence-electron chi connectivity index (χ0n) is 17.0. The van der Waals surface area contributed by atoms with Gasteiger partial charge in [0.1, 0.15) is 11.3 Å². The summed E-state index contributed by atoms with van der Waals surface area (Å²) in [5.74, 6) is 0.524. The van der Waals surface area contributed by atoms with Gasteiger partial charge in [0.25, 0.3) is 0 Å². The van der Waals surface area contributed by atoms with E-state index in [1.165, 1.54) is 0 Å². The van der Waals surface area contributed by atoms with E-state index in [2.05, 4.69) is 11.5 Å². The summed E-state index contributed by atoms with van der Waals surface area (Å²) in [5.41, 5.74) is 0.415. The molecule has 4 bridgehead atoms. The van der Waals surface area contributed by atoms with Crippen molar-refractivity contribution in [3.05, 3.63) is 89.0 Å². The molecule has 4 atom stereocenters. The number of rotatable bonds is 4. The number of ketones is 2. The third kappa shape index (κ3) is 2.24. The van der Waals surface area contributed by atoms with Gasteiger partial charge in [-0.15, -0.1) is 6.58 Å². The fraction of sp³-hybridized carbons (Fsp3) is 0.308. The number of benzene rings is 2. The highest BCUT2D eigenvalue weighted by Crippen LogP contribution is 2.63. The molecule has 1 spiro atoms. The highest BCUT2D eigenvalue weighted by atomic mass is 35.5. The van der Waals surface area contributed by atoms with Crippen LogP contribution in [0.2, 0.25) is 5.02 Å². The van der Waals surface area contributed by atoms with E-state index < -0.39 is 11.1 Å². The van der Waals surface area contributed by atoms with Gasteiger partial charge in [0, 0.05) is 35.5 Å². The molecule has 2 aromatic rings. The monoisotopic (exact) mass is 431 g/mol. The van der Waals surface area contributed by atoms with E-state index in [9.17, 15) is 9.59 Å². The maximum absolute atomic E-state index is 13.9. The number of allylic oxidation sites excluding steroid dienone is 1. The maximum Gasteiger partial charge on any atom is 0.196 e. The second-order valence-electron chi connectivity index (χ2n) is 9.01. The molecule has 1 saturated heterocycles. The highest BCUT2D eigenvalue weighted by molar-refractivity contribution is 6.30. The van der Waals surface area contributed by atoms with Crippen molar-refractivity contribution in [2.24, 2.45) is 11.8 Å². The summed E-state index contributed by atoms with van der Waals surface area (Å²) in [6, 6.07) is 15.1.